The fraction of sp³-hybridized carbons (Fsp3) is 1.00. The molecule has 0 aromatic carbocycles. The van der Waals surface area contributed by atoms with Crippen LogP contribution in [0.3, 0.4) is 0 Å². The maximum Gasteiger partial charge on any atom is 0.104 e. The van der Waals surface area contributed by atoms with E-state index in [4.69, 9.17) is 9.47 Å². The number of ether oxygens (including phenoxy) is 2. The molecule has 20 heavy (non-hydrogen) atoms. The van der Waals surface area contributed by atoms with E-state index in [0.29, 0.717) is 12.2 Å². The highest BCUT2D eigenvalue weighted by Crippen LogP contribution is 2.14. The van der Waals surface area contributed by atoms with Crippen molar-refractivity contribution in [2.45, 2.75) is 103 Å². The second kappa shape index (κ2) is 12.6. The predicted octanol–water partition coefficient (Wildman–Crippen LogP) is 5.49. The molecule has 0 aromatic heterocycles. The van der Waals surface area contributed by atoms with Crippen molar-refractivity contribution in [1.29, 1.82) is 0 Å². The van der Waals surface area contributed by atoms with Crippen LogP contribution in [0.15, 0.2) is 0 Å². The first-order valence-corrected chi connectivity index (χ1v) is 9.06. The average molecular weight is 284 g/mol. The number of unbranched alkanes of at least 4 members (excludes halogenated alkanes) is 10. The molecule has 1 heterocycles. The third-order valence-corrected chi connectivity index (χ3v) is 4.18. The van der Waals surface area contributed by atoms with Gasteiger partial charge < -0.3 is 9.47 Å². The Bertz CT molecular complexity index is 202. The van der Waals surface area contributed by atoms with Crippen molar-refractivity contribution in [3.63, 3.8) is 0 Å². The maximum atomic E-state index is 5.73. The molecule has 0 N–H and O–H groups in total. The normalized spacial score (nSPS) is 19.2. The van der Waals surface area contributed by atoms with Gasteiger partial charge >= 0.3 is 0 Å². The zero-order valence-electron chi connectivity index (χ0n) is 13.9. The lowest BCUT2D eigenvalue weighted by atomic mass is 10.0. The van der Waals surface area contributed by atoms with Crippen LogP contribution in [0.25, 0.3) is 0 Å². The Hall–Kier alpha value is -0.0800. The van der Waals surface area contributed by atoms with Gasteiger partial charge in [0, 0.05) is 0 Å². The van der Waals surface area contributed by atoms with E-state index in [2.05, 4.69) is 13.8 Å². The van der Waals surface area contributed by atoms with Crippen molar-refractivity contribution in [2.75, 3.05) is 13.2 Å². The summed E-state index contributed by atoms with van der Waals surface area (Å²) in [4.78, 5) is 0. The van der Waals surface area contributed by atoms with Crippen LogP contribution in [0.2, 0.25) is 0 Å². The zero-order valence-corrected chi connectivity index (χ0v) is 13.9. The highest BCUT2D eigenvalue weighted by Gasteiger charge is 2.23. The lowest BCUT2D eigenvalue weighted by Crippen LogP contribution is -2.12. The van der Waals surface area contributed by atoms with Crippen LogP contribution in [0.4, 0.5) is 0 Å². The number of hydrogen-bond donors (Lipinski definition) is 0. The molecule has 0 bridgehead atoms. The summed E-state index contributed by atoms with van der Waals surface area (Å²) in [5, 5.41) is 0. The van der Waals surface area contributed by atoms with Gasteiger partial charge in [0.15, 0.2) is 0 Å². The standard InChI is InChI=1S/C18H36O2/c1-3-4-5-6-7-8-9-10-11-12-13-14-17(2)19-15-18-16-20-18/h17-18H,3-16H2,1-2H3. The largest absolute Gasteiger partial charge is 0.376 e. The lowest BCUT2D eigenvalue weighted by Gasteiger charge is -2.11. The number of hydrogen-bond acceptors (Lipinski definition) is 2. The van der Waals surface area contributed by atoms with Gasteiger partial charge in [-0.2, -0.15) is 0 Å². The van der Waals surface area contributed by atoms with E-state index in [9.17, 15) is 0 Å². The topological polar surface area (TPSA) is 21.8 Å². The SMILES string of the molecule is CCCCCCCCCCCCCC(C)OCC1CO1. The van der Waals surface area contributed by atoms with Crippen molar-refractivity contribution < 1.29 is 9.47 Å². The third-order valence-electron chi connectivity index (χ3n) is 4.18. The Morgan fingerprint density at radius 1 is 0.900 bits per heavy atom. The van der Waals surface area contributed by atoms with Gasteiger partial charge in [0.25, 0.3) is 0 Å². The molecule has 2 nitrogen and oxygen atoms in total. The summed E-state index contributed by atoms with van der Waals surface area (Å²) in [7, 11) is 0. The molecule has 0 spiro atoms. The maximum absolute atomic E-state index is 5.73. The van der Waals surface area contributed by atoms with E-state index in [1.165, 1.54) is 77.0 Å². The number of rotatable bonds is 15. The van der Waals surface area contributed by atoms with Crippen LogP contribution < -0.4 is 0 Å². The molecular weight excluding hydrogens is 248 g/mol. The van der Waals surface area contributed by atoms with Gasteiger partial charge in [-0.1, -0.05) is 77.6 Å². The summed E-state index contributed by atoms with van der Waals surface area (Å²) in [6, 6.07) is 0. The van der Waals surface area contributed by atoms with E-state index in [-0.39, 0.29) is 0 Å². The summed E-state index contributed by atoms with van der Waals surface area (Å²) in [5.74, 6) is 0. The minimum Gasteiger partial charge on any atom is -0.376 e. The van der Waals surface area contributed by atoms with E-state index < -0.39 is 0 Å². The van der Waals surface area contributed by atoms with Gasteiger partial charge in [-0.25, -0.2) is 0 Å². The second-order valence-corrected chi connectivity index (χ2v) is 6.42. The first-order chi connectivity index (χ1) is 9.83. The monoisotopic (exact) mass is 284 g/mol. The van der Waals surface area contributed by atoms with Crippen molar-refractivity contribution in [1.82, 2.24) is 0 Å². The minimum atomic E-state index is 0.412. The lowest BCUT2D eigenvalue weighted by molar-refractivity contribution is 0.0476. The minimum absolute atomic E-state index is 0.412. The Labute approximate surface area is 126 Å². The molecule has 0 amide bonds. The fourth-order valence-electron chi connectivity index (χ4n) is 2.62. The molecule has 0 radical (unpaired) electrons. The molecule has 1 fully saturated rings. The first-order valence-electron chi connectivity index (χ1n) is 9.06. The first kappa shape index (κ1) is 18.0. The molecule has 1 aliphatic heterocycles. The van der Waals surface area contributed by atoms with Crippen LogP contribution >= 0.6 is 0 Å². The molecule has 0 aromatic rings. The molecule has 1 aliphatic rings. The van der Waals surface area contributed by atoms with Crippen LogP contribution in [0, 0.1) is 0 Å². The Kier molecular flexibility index (Phi) is 11.4. The summed E-state index contributed by atoms with van der Waals surface area (Å²) < 4.78 is 10.9. The second-order valence-electron chi connectivity index (χ2n) is 6.42. The van der Waals surface area contributed by atoms with Crippen LogP contribution in [-0.4, -0.2) is 25.4 Å². The average Bonchev–Trinajstić information content (AvgIpc) is 3.27. The Morgan fingerprint density at radius 3 is 1.90 bits per heavy atom. The summed E-state index contributed by atoms with van der Waals surface area (Å²) in [5.41, 5.74) is 0. The molecule has 2 atom stereocenters. The predicted molar refractivity (Wildman–Crippen MR) is 86.2 cm³/mol. The van der Waals surface area contributed by atoms with Crippen LogP contribution in [-0.2, 0) is 9.47 Å². The zero-order chi connectivity index (χ0) is 14.5. The summed E-state index contributed by atoms with van der Waals surface area (Å²) in [6.07, 6.45) is 17.6. The van der Waals surface area contributed by atoms with E-state index >= 15 is 0 Å². The fourth-order valence-corrected chi connectivity index (χ4v) is 2.62. The van der Waals surface area contributed by atoms with Gasteiger partial charge in [-0.05, 0) is 13.3 Å². The van der Waals surface area contributed by atoms with Crippen molar-refractivity contribution in [3.8, 4) is 0 Å². The van der Waals surface area contributed by atoms with Gasteiger partial charge in [0.2, 0.25) is 0 Å². The van der Waals surface area contributed by atoms with Crippen LogP contribution in [0.1, 0.15) is 90.9 Å². The Morgan fingerprint density at radius 2 is 1.40 bits per heavy atom. The highest BCUT2D eigenvalue weighted by molar-refractivity contribution is 4.68. The van der Waals surface area contributed by atoms with Crippen molar-refractivity contribution in [3.05, 3.63) is 0 Å². The molecule has 0 aliphatic carbocycles. The van der Waals surface area contributed by atoms with Crippen molar-refractivity contribution >= 4 is 0 Å². The molecular formula is C18H36O2. The summed E-state index contributed by atoms with van der Waals surface area (Å²) >= 11 is 0. The van der Waals surface area contributed by atoms with Gasteiger partial charge in [0.1, 0.15) is 6.10 Å². The third kappa shape index (κ3) is 11.7. The Balaban J connectivity index is 1.69. The van der Waals surface area contributed by atoms with Crippen molar-refractivity contribution in [2.24, 2.45) is 0 Å². The number of epoxide rings is 1. The molecule has 2 heteroatoms. The summed E-state index contributed by atoms with van der Waals surface area (Å²) in [6.45, 7) is 6.19. The van der Waals surface area contributed by atoms with Crippen LogP contribution in [0.5, 0.6) is 0 Å². The van der Waals surface area contributed by atoms with E-state index in [1.54, 1.807) is 0 Å². The molecule has 1 saturated heterocycles. The van der Waals surface area contributed by atoms with E-state index in [1.807, 2.05) is 0 Å². The molecule has 2 unspecified atom stereocenters. The van der Waals surface area contributed by atoms with Gasteiger partial charge in [-0.3, -0.25) is 0 Å². The molecule has 1 rings (SSSR count). The molecule has 0 saturated carbocycles. The molecule has 120 valence electrons. The van der Waals surface area contributed by atoms with Gasteiger partial charge in [0.05, 0.1) is 19.3 Å². The quantitative estimate of drug-likeness (QED) is 0.293. The highest BCUT2D eigenvalue weighted by atomic mass is 16.6. The van der Waals surface area contributed by atoms with Gasteiger partial charge in [-0.15, -0.1) is 0 Å². The smallest absolute Gasteiger partial charge is 0.104 e. The van der Waals surface area contributed by atoms with E-state index in [0.717, 1.165) is 13.2 Å².